The Bertz CT molecular complexity index is 400. The third-order valence-corrected chi connectivity index (χ3v) is 4.05. The van der Waals surface area contributed by atoms with E-state index in [9.17, 15) is 0 Å². The van der Waals surface area contributed by atoms with E-state index in [4.69, 9.17) is 5.73 Å². The fourth-order valence-corrected chi connectivity index (χ4v) is 2.69. The molecule has 0 spiro atoms. The van der Waals surface area contributed by atoms with E-state index in [1.54, 1.807) is 11.3 Å². The van der Waals surface area contributed by atoms with Gasteiger partial charge in [0.25, 0.3) is 0 Å². The second-order valence-electron chi connectivity index (χ2n) is 4.61. The van der Waals surface area contributed by atoms with E-state index >= 15 is 0 Å². The van der Waals surface area contributed by atoms with Gasteiger partial charge in [0, 0.05) is 18.0 Å². The SMILES string of the molecule is CCC(C)CN(CC)Cc1ccc(C#CCN)s1. The number of nitrogens with zero attached hydrogens (tertiary/aromatic N) is 1. The average Bonchev–Trinajstić information content (AvgIpc) is 2.82. The largest absolute Gasteiger partial charge is 0.320 e. The molecular weight excluding hydrogens is 240 g/mol. The molecule has 1 atom stereocenters. The first-order valence-corrected chi connectivity index (χ1v) is 7.51. The van der Waals surface area contributed by atoms with Crippen LogP contribution < -0.4 is 5.73 Å². The summed E-state index contributed by atoms with van der Waals surface area (Å²) in [5.74, 6) is 6.76. The first-order valence-electron chi connectivity index (χ1n) is 6.69. The van der Waals surface area contributed by atoms with E-state index in [2.05, 4.69) is 49.6 Å². The van der Waals surface area contributed by atoms with Gasteiger partial charge >= 0.3 is 0 Å². The van der Waals surface area contributed by atoms with Gasteiger partial charge in [-0.15, -0.1) is 11.3 Å². The highest BCUT2D eigenvalue weighted by Crippen LogP contribution is 2.18. The summed E-state index contributed by atoms with van der Waals surface area (Å²) in [6.07, 6.45) is 1.24. The van der Waals surface area contributed by atoms with E-state index in [-0.39, 0.29) is 0 Å². The van der Waals surface area contributed by atoms with E-state index in [0.29, 0.717) is 6.54 Å². The smallest absolute Gasteiger partial charge is 0.0772 e. The highest BCUT2D eigenvalue weighted by Gasteiger charge is 2.09. The standard InChI is InChI=1S/C15H24N2S/c1-4-13(3)11-17(5-2)12-15-9-8-14(18-15)7-6-10-16/h8-9,13H,4-5,10-12,16H2,1-3H3. The number of hydrogen-bond acceptors (Lipinski definition) is 3. The Morgan fingerprint density at radius 2 is 2.17 bits per heavy atom. The van der Waals surface area contributed by atoms with E-state index in [0.717, 1.165) is 23.9 Å². The highest BCUT2D eigenvalue weighted by atomic mass is 32.1. The molecule has 1 unspecified atom stereocenters. The molecule has 18 heavy (non-hydrogen) atoms. The van der Waals surface area contributed by atoms with Crippen molar-refractivity contribution in [2.45, 2.75) is 33.7 Å². The van der Waals surface area contributed by atoms with Crippen molar-refractivity contribution in [1.29, 1.82) is 0 Å². The van der Waals surface area contributed by atoms with Crippen LogP contribution in [-0.4, -0.2) is 24.5 Å². The molecule has 0 amide bonds. The van der Waals surface area contributed by atoms with Gasteiger partial charge in [-0.3, -0.25) is 4.90 Å². The van der Waals surface area contributed by atoms with Crippen LogP contribution in [-0.2, 0) is 6.54 Å². The maximum Gasteiger partial charge on any atom is 0.0772 e. The van der Waals surface area contributed by atoms with Gasteiger partial charge in [0.05, 0.1) is 11.4 Å². The molecule has 0 fully saturated rings. The van der Waals surface area contributed by atoms with Crippen LogP contribution in [0.3, 0.4) is 0 Å². The molecule has 0 saturated heterocycles. The van der Waals surface area contributed by atoms with Crippen LogP contribution in [0.1, 0.15) is 36.9 Å². The molecular formula is C15H24N2S. The Balaban J connectivity index is 2.56. The molecule has 0 aliphatic heterocycles. The molecule has 3 heteroatoms. The van der Waals surface area contributed by atoms with Gasteiger partial charge in [-0.05, 0) is 24.6 Å². The Morgan fingerprint density at radius 3 is 2.78 bits per heavy atom. The van der Waals surface area contributed by atoms with Crippen molar-refractivity contribution >= 4 is 11.3 Å². The van der Waals surface area contributed by atoms with Crippen molar-refractivity contribution in [3.63, 3.8) is 0 Å². The molecule has 0 aromatic carbocycles. The minimum atomic E-state index is 0.433. The summed E-state index contributed by atoms with van der Waals surface area (Å²) in [5.41, 5.74) is 5.38. The number of nitrogens with two attached hydrogens (primary N) is 1. The number of thiophene rings is 1. The second-order valence-corrected chi connectivity index (χ2v) is 5.78. The van der Waals surface area contributed by atoms with Crippen LogP contribution in [0.2, 0.25) is 0 Å². The fourth-order valence-electron chi connectivity index (χ4n) is 1.76. The van der Waals surface area contributed by atoms with Crippen LogP contribution in [0.4, 0.5) is 0 Å². The van der Waals surface area contributed by atoms with Gasteiger partial charge in [0.2, 0.25) is 0 Å². The summed E-state index contributed by atoms with van der Waals surface area (Å²) in [6.45, 7) is 10.5. The van der Waals surface area contributed by atoms with Crippen LogP contribution in [0.15, 0.2) is 12.1 Å². The van der Waals surface area contributed by atoms with Gasteiger partial charge in [-0.1, -0.05) is 39.0 Å². The molecule has 1 aromatic heterocycles. The first kappa shape index (κ1) is 15.2. The van der Waals surface area contributed by atoms with Crippen molar-refractivity contribution in [3.8, 4) is 11.8 Å². The monoisotopic (exact) mass is 264 g/mol. The van der Waals surface area contributed by atoms with E-state index in [1.165, 1.54) is 17.8 Å². The predicted octanol–water partition coefficient (Wildman–Crippen LogP) is 2.93. The molecule has 2 nitrogen and oxygen atoms in total. The van der Waals surface area contributed by atoms with Crippen molar-refractivity contribution < 1.29 is 0 Å². The van der Waals surface area contributed by atoms with Gasteiger partial charge in [0.15, 0.2) is 0 Å². The van der Waals surface area contributed by atoms with E-state index < -0.39 is 0 Å². The lowest BCUT2D eigenvalue weighted by Crippen LogP contribution is -2.27. The Morgan fingerprint density at radius 1 is 1.39 bits per heavy atom. The zero-order chi connectivity index (χ0) is 13.4. The Labute approximate surface area is 115 Å². The second kappa shape index (κ2) is 8.31. The molecule has 0 bridgehead atoms. The third-order valence-electron chi connectivity index (χ3n) is 3.07. The van der Waals surface area contributed by atoms with Crippen molar-refractivity contribution in [2.24, 2.45) is 11.7 Å². The highest BCUT2D eigenvalue weighted by molar-refractivity contribution is 7.12. The van der Waals surface area contributed by atoms with Gasteiger partial charge < -0.3 is 5.73 Å². The topological polar surface area (TPSA) is 29.3 Å². The van der Waals surface area contributed by atoms with Crippen LogP contribution in [0, 0.1) is 17.8 Å². The normalized spacial score (nSPS) is 12.3. The van der Waals surface area contributed by atoms with Gasteiger partial charge in [-0.2, -0.15) is 0 Å². The summed E-state index contributed by atoms with van der Waals surface area (Å²) in [7, 11) is 0. The maximum atomic E-state index is 5.38. The van der Waals surface area contributed by atoms with Crippen LogP contribution in [0.5, 0.6) is 0 Å². The lowest BCUT2D eigenvalue weighted by atomic mass is 10.1. The van der Waals surface area contributed by atoms with Gasteiger partial charge in [0.1, 0.15) is 0 Å². The summed E-state index contributed by atoms with van der Waals surface area (Å²) in [6, 6.07) is 4.28. The predicted molar refractivity (Wildman–Crippen MR) is 80.7 cm³/mol. The van der Waals surface area contributed by atoms with Crippen molar-refractivity contribution in [1.82, 2.24) is 4.90 Å². The summed E-state index contributed by atoms with van der Waals surface area (Å²) >= 11 is 1.78. The molecule has 0 saturated carbocycles. The van der Waals surface area contributed by atoms with Crippen LogP contribution >= 0.6 is 11.3 Å². The molecule has 1 aromatic rings. The molecule has 0 aliphatic carbocycles. The summed E-state index contributed by atoms with van der Waals surface area (Å²) in [4.78, 5) is 5.01. The van der Waals surface area contributed by atoms with Gasteiger partial charge in [-0.25, -0.2) is 0 Å². The molecule has 100 valence electrons. The number of hydrogen-bond donors (Lipinski definition) is 1. The molecule has 0 radical (unpaired) electrons. The zero-order valence-corrected chi connectivity index (χ0v) is 12.5. The minimum Gasteiger partial charge on any atom is -0.320 e. The fraction of sp³-hybridized carbons (Fsp3) is 0.600. The lowest BCUT2D eigenvalue weighted by Gasteiger charge is -2.22. The summed E-state index contributed by atoms with van der Waals surface area (Å²) in [5, 5.41) is 0. The van der Waals surface area contributed by atoms with E-state index in [1.807, 2.05) is 0 Å². The summed E-state index contributed by atoms with van der Waals surface area (Å²) < 4.78 is 0. The molecule has 0 aliphatic rings. The molecule has 1 rings (SSSR count). The zero-order valence-electron chi connectivity index (χ0n) is 11.7. The van der Waals surface area contributed by atoms with Crippen molar-refractivity contribution in [2.75, 3.05) is 19.6 Å². The third kappa shape index (κ3) is 5.22. The van der Waals surface area contributed by atoms with Crippen molar-refractivity contribution in [3.05, 3.63) is 21.9 Å². The molecule has 2 N–H and O–H groups in total. The number of rotatable bonds is 6. The Kier molecular flexibility index (Phi) is 7.04. The van der Waals surface area contributed by atoms with Crippen LogP contribution in [0.25, 0.3) is 0 Å². The minimum absolute atomic E-state index is 0.433. The molecule has 1 heterocycles. The average molecular weight is 264 g/mol. The maximum absolute atomic E-state index is 5.38. The first-order chi connectivity index (χ1) is 8.69. The lowest BCUT2D eigenvalue weighted by molar-refractivity contribution is 0.240. The quantitative estimate of drug-likeness (QED) is 0.801. The Hall–Kier alpha value is -0.820.